The average molecular weight is 418 g/mol. The quantitative estimate of drug-likeness (QED) is 0.590. The van der Waals surface area contributed by atoms with E-state index in [4.69, 9.17) is 10.00 Å². The summed E-state index contributed by atoms with van der Waals surface area (Å²) >= 11 is 0. The van der Waals surface area contributed by atoms with Crippen molar-refractivity contribution in [3.63, 3.8) is 0 Å². The van der Waals surface area contributed by atoms with Crippen molar-refractivity contribution in [3.8, 4) is 6.07 Å². The molecule has 0 aliphatic rings. The molecule has 3 aromatic rings. The number of nitrogens with zero attached hydrogens (tertiary/aromatic N) is 3. The van der Waals surface area contributed by atoms with E-state index in [2.05, 4.69) is 16.5 Å². The summed E-state index contributed by atoms with van der Waals surface area (Å²) in [6, 6.07) is 15.5. The number of amides is 1. The van der Waals surface area contributed by atoms with E-state index in [1.165, 1.54) is 4.68 Å². The maximum atomic E-state index is 12.7. The van der Waals surface area contributed by atoms with Crippen LogP contribution >= 0.6 is 0 Å². The van der Waals surface area contributed by atoms with Gasteiger partial charge < -0.3 is 10.1 Å². The lowest BCUT2D eigenvalue weighted by atomic mass is 10.1. The summed E-state index contributed by atoms with van der Waals surface area (Å²) in [5.74, 6) is -1.14. The van der Waals surface area contributed by atoms with Crippen molar-refractivity contribution in [1.29, 1.82) is 5.26 Å². The van der Waals surface area contributed by atoms with Gasteiger partial charge in [-0.25, -0.2) is 9.48 Å². The molecule has 8 heteroatoms. The van der Waals surface area contributed by atoms with E-state index >= 15 is 0 Å². The second-order valence-electron chi connectivity index (χ2n) is 7.43. The molecule has 0 atom stereocenters. The number of esters is 1. The van der Waals surface area contributed by atoms with Crippen LogP contribution in [-0.4, -0.2) is 28.3 Å². The summed E-state index contributed by atoms with van der Waals surface area (Å²) in [5.41, 5.74) is 1.07. The molecule has 0 fully saturated rings. The van der Waals surface area contributed by atoms with Gasteiger partial charge in [0.1, 0.15) is 0 Å². The van der Waals surface area contributed by atoms with Gasteiger partial charge in [0.05, 0.1) is 17.9 Å². The Morgan fingerprint density at radius 1 is 1.13 bits per heavy atom. The van der Waals surface area contributed by atoms with Gasteiger partial charge in [-0.1, -0.05) is 44.2 Å². The summed E-state index contributed by atoms with van der Waals surface area (Å²) in [5, 5.41) is 16.3. The zero-order valence-corrected chi connectivity index (χ0v) is 17.3. The Bertz CT molecular complexity index is 1210. The van der Waals surface area contributed by atoms with Gasteiger partial charge in [0.2, 0.25) is 0 Å². The third-order valence-corrected chi connectivity index (χ3v) is 4.45. The highest BCUT2D eigenvalue weighted by atomic mass is 16.5. The number of benzene rings is 2. The zero-order valence-electron chi connectivity index (χ0n) is 17.3. The highest BCUT2D eigenvalue weighted by Crippen LogP contribution is 2.15. The highest BCUT2D eigenvalue weighted by molar-refractivity contribution is 6.03. The predicted octanol–water partition coefficient (Wildman–Crippen LogP) is 2.91. The molecule has 0 bridgehead atoms. The molecule has 0 radical (unpaired) electrons. The number of ether oxygens (including phenoxy) is 1. The topological polar surface area (TPSA) is 114 Å². The molecule has 0 aliphatic carbocycles. The van der Waals surface area contributed by atoms with Gasteiger partial charge in [0, 0.05) is 17.6 Å². The molecule has 0 spiro atoms. The van der Waals surface area contributed by atoms with Crippen LogP contribution in [0.4, 0.5) is 5.69 Å². The van der Waals surface area contributed by atoms with Gasteiger partial charge in [-0.05, 0) is 29.7 Å². The van der Waals surface area contributed by atoms with Crippen molar-refractivity contribution in [2.45, 2.75) is 26.8 Å². The van der Waals surface area contributed by atoms with E-state index in [0.29, 0.717) is 23.0 Å². The number of aromatic nitrogens is 2. The lowest BCUT2D eigenvalue weighted by Crippen LogP contribution is -2.29. The van der Waals surface area contributed by atoms with E-state index in [0.717, 1.165) is 5.56 Å². The molecule has 0 unspecified atom stereocenters. The van der Waals surface area contributed by atoms with Gasteiger partial charge in [0.25, 0.3) is 11.5 Å². The third kappa shape index (κ3) is 5.34. The first kappa shape index (κ1) is 21.7. The molecule has 0 saturated heterocycles. The van der Waals surface area contributed by atoms with Crippen LogP contribution in [0.2, 0.25) is 0 Å². The Kier molecular flexibility index (Phi) is 6.78. The largest absolute Gasteiger partial charge is 0.451 e. The third-order valence-electron chi connectivity index (χ3n) is 4.45. The van der Waals surface area contributed by atoms with E-state index in [-0.39, 0.29) is 23.6 Å². The number of rotatable bonds is 7. The van der Waals surface area contributed by atoms with Crippen LogP contribution in [0.3, 0.4) is 0 Å². The molecule has 1 heterocycles. The summed E-state index contributed by atoms with van der Waals surface area (Å²) < 4.78 is 6.42. The molecule has 2 aromatic carbocycles. The fourth-order valence-corrected chi connectivity index (χ4v) is 3.05. The standard InChI is InChI=1S/C23H22N4O4/c1-15(2)13-27-22(29)19-6-4-3-5-18(19)21(26-27)23(30)31-14-20(28)25-17-9-7-16(8-10-17)11-12-24/h3-10,15H,11,13-14H2,1-2H3,(H,25,28). The molecule has 31 heavy (non-hydrogen) atoms. The number of nitrogens with one attached hydrogen (secondary N) is 1. The Morgan fingerprint density at radius 3 is 2.45 bits per heavy atom. The Balaban J connectivity index is 1.74. The van der Waals surface area contributed by atoms with E-state index < -0.39 is 18.5 Å². The molecule has 1 amide bonds. The summed E-state index contributed by atoms with van der Waals surface area (Å²) in [6.45, 7) is 3.74. The number of nitriles is 1. The predicted molar refractivity (Wildman–Crippen MR) is 116 cm³/mol. The van der Waals surface area contributed by atoms with Crippen molar-refractivity contribution >= 4 is 28.3 Å². The first-order valence-electron chi connectivity index (χ1n) is 9.81. The molecule has 0 aliphatic heterocycles. The fourth-order valence-electron chi connectivity index (χ4n) is 3.05. The van der Waals surface area contributed by atoms with Crippen LogP contribution in [0.5, 0.6) is 0 Å². The number of hydrogen-bond acceptors (Lipinski definition) is 6. The molecule has 0 saturated carbocycles. The number of carbonyl (C=O) groups is 2. The van der Waals surface area contributed by atoms with Crippen LogP contribution < -0.4 is 10.9 Å². The normalized spacial score (nSPS) is 10.6. The molecule has 3 rings (SSSR count). The maximum absolute atomic E-state index is 12.7. The van der Waals surface area contributed by atoms with Gasteiger partial charge in [-0.3, -0.25) is 9.59 Å². The average Bonchev–Trinajstić information content (AvgIpc) is 2.75. The number of anilines is 1. The van der Waals surface area contributed by atoms with Crippen molar-refractivity contribution in [1.82, 2.24) is 9.78 Å². The van der Waals surface area contributed by atoms with Crippen molar-refractivity contribution in [2.24, 2.45) is 5.92 Å². The van der Waals surface area contributed by atoms with Gasteiger partial charge in [-0.15, -0.1) is 0 Å². The van der Waals surface area contributed by atoms with E-state index in [1.807, 2.05) is 13.8 Å². The smallest absolute Gasteiger partial charge is 0.359 e. The van der Waals surface area contributed by atoms with E-state index in [1.54, 1.807) is 48.5 Å². The highest BCUT2D eigenvalue weighted by Gasteiger charge is 2.19. The van der Waals surface area contributed by atoms with Crippen molar-refractivity contribution in [3.05, 3.63) is 70.1 Å². The van der Waals surface area contributed by atoms with Crippen molar-refractivity contribution < 1.29 is 14.3 Å². The monoisotopic (exact) mass is 418 g/mol. The molecule has 1 aromatic heterocycles. The number of fused-ring (bicyclic) bond motifs is 1. The van der Waals surface area contributed by atoms with Gasteiger partial charge in [0.15, 0.2) is 12.3 Å². The van der Waals surface area contributed by atoms with Crippen LogP contribution in [0, 0.1) is 17.2 Å². The minimum Gasteiger partial charge on any atom is -0.451 e. The first-order valence-corrected chi connectivity index (χ1v) is 9.81. The fraction of sp³-hybridized carbons (Fsp3) is 0.261. The van der Waals surface area contributed by atoms with Crippen LogP contribution in [0.1, 0.15) is 29.9 Å². The minimum atomic E-state index is -0.784. The van der Waals surface area contributed by atoms with Crippen LogP contribution in [0.25, 0.3) is 10.8 Å². The Labute approximate surface area is 179 Å². The zero-order chi connectivity index (χ0) is 22.4. The maximum Gasteiger partial charge on any atom is 0.359 e. The van der Waals surface area contributed by atoms with Gasteiger partial charge in [-0.2, -0.15) is 10.4 Å². The lowest BCUT2D eigenvalue weighted by Gasteiger charge is -2.12. The second-order valence-corrected chi connectivity index (χ2v) is 7.43. The molecular weight excluding hydrogens is 396 g/mol. The number of carbonyl (C=O) groups excluding carboxylic acids is 2. The second kappa shape index (κ2) is 9.67. The molecule has 158 valence electrons. The summed E-state index contributed by atoms with van der Waals surface area (Å²) in [7, 11) is 0. The first-order chi connectivity index (χ1) is 14.9. The molecular formula is C23H22N4O4. The SMILES string of the molecule is CC(C)Cn1nc(C(=O)OCC(=O)Nc2ccc(CC#N)cc2)c2ccccc2c1=O. The molecule has 1 N–H and O–H groups in total. The minimum absolute atomic E-state index is 0.00972. The number of hydrogen-bond donors (Lipinski definition) is 1. The lowest BCUT2D eigenvalue weighted by molar-refractivity contribution is -0.119. The van der Waals surface area contributed by atoms with Crippen LogP contribution in [0.15, 0.2) is 53.3 Å². The Hall–Kier alpha value is -3.99. The van der Waals surface area contributed by atoms with Crippen molar-refractivity contribution in [2.75, 3.05) is 11.9 Å². The van der Waals surface area contributed by atoms with Gasteiger partial charge >= 0.3 is 5.97 Å². The van der Waals surface area contributed by atoms with E-state index in [9.17, 15) is 14.4 Å². The summed E-state index contributed by atoms with van der Waals surface area (Å²) in [6.07, 6.45) is 0.283. The van der Waals surface area contributed by atoms with Crippen LogP contribution in [-0.2, 0) is 22.5 Å². The molecule has 8 nitrogen and oxygen atoms in total. The Morgan fingerprint density at radius 2 is 1.81 bits per heavy atom. The summed E-state index contributed by atoms with van der Waals surface area (Å²) in [4.78, 5) is 37.5.